The Hall–Kier alpha value is -1.33. The molecule has 0 aromatic heterocycles. The van der Waals surface area contributed by atoms with Crippen molar-refractivity contribution in [1.82, 2.24) is 0 Å². The van der Waals surface area contributed by atoms with Crippen molar-refractivity contribution < 1.29 is 24.2 Å². The van der Waals surface area contributed by atoms with Crippen molar-refractivity contribution in [3.63, 3.8) is 0 Å². The molecule has 0 radical (unpaired) electrons. The number of carbonyl (C=O) groups is 2. The number of hydrogen-bond acceptors (Lipinski definition) is 4. The van der Waals surface area contributed by atoms with E-state index < -0.39 is 34.1 Å². The Morgan fingerprint density at radius 1 is 1.30 bits per heavy atom. The molecule has 27 heavy (non-hydrogen) atoms. The largest absolute Gasteiger partial charge is 0.390 e. The van der Waals surface area contributed by atoms with Gasteiger partial charge < -0.3 is 10.2 Å². The van der Waals surface area contributed by atoms with E-state index >= 15 is 4.39 Å². The van der Waals surface area contributed by atoms with Crippen molar-refractivity contribution in [3.8, 4) is 0 Å². The summed E-state index contributed by atoms with van der Waals surface area (Å²) in [5, 5.41) is 22.5. The monoisotopic (exact) mass is 376 g/mol. The molecule has 8 atom stereocenters. The molecule has 0 aromatic rings. The minimum Gasteiger partial charge on any atom is -0.390 e. The lowest BCUT2D eigenvalue weighted by Gasteiger charge is -2.62. The Balaban J connectivity index is 1.85. The van der Waals surface area contributed by atoms with Gasteiger partial charge >= 0.3 is 0 Å². The molecule has 2 unspecified atom stereocenters. The van der Waals surface area contributed by atoms with Crippen LogP contribution in [0.4, 0.5) is 4.39 Å². The summed E-state index contributed by atoms with van der Waals surface area (Å²) < 4.78 is 16.8. The molecule has 0 saturated heterocycles. The van der Waals surface area contributed by atoms with Gasteiger partial charge in [0.05, 0.1) is 6.10 Å². The third-order valence-corrected chi connectivity index (χ3v) is 8.76. The van der Waals surface area contributed by atoms with Crippen molar-refractivity contribution in [3.05, 3.63) is 23.8 Å². The summed E-state index contributed by atoms with van der Waals surface area (Å²) in [5.74, 6) is -1.39. The Morgan fingerprint density at radius 3 is 2.59 bits per heavy atom. The van der Waals surface area contributed by atoms with Gasteiger partial charge in [-0.05, 0) is 63.5 Å². The summed E-state index contributed by atoms with van der Waals surface area (Å²) in [6, 6.07) is 0. The summed E-state index contributed by atoms with van der Waals surface area (Å²) >= 11 is 0. The van der Waals surface area contributed by atoms with Crippen LogP contribution in [0.2, 0.25) is 0 Å². The van der Waals surface area contributed by atoms with E-state index in [2.05, 4.69) is 0 Å². The summed E-state index contributed by atoms with van der Waals surface area (Å²) in [6.45, 7) is 6.87. The van der Waals surface area contributed by atoms with E-state index in [9.17, 15) is 19.8 Å². The fraction of sp³-hybridized carbons (Fsp3) is 0.727. The molecule has 0 spiro atoms. The first-order valence-corrected chi connectivity index (χ1v) is 9.97. The highest BCUT2D eigenvalue weighted by molar-refractivity contribution is 6.01. The van der Waals surface area contributed by atoms with Crippen LogP contribution in [0.5, 0.6) is 0 Å². The van der Waals surface area contributed by atoms with Crippen LogP contribution in [-0.2, 0) is 9.59 Å². The van der Waals surface area contributed by atoms with E-state index in [1.165, 1.54) is 19.1 Å². The predicted octanol–water partition coefficient (Wildman–Crippen LogP) is 2.92. The van der Waals surface area contributed by atoms with E-state index in [-0.39, 0.29) is 29.8 Å². The average Bonchev–Trinajstić information content (AvgIpc) is 2.79. The number of halogens is 1. The SMILES string of the molecule is CC(=O)[C@@]1(O)[C@@H](C)CC2C3CCC4=CC(=O)C=C[C@]4(C)[C@@]3(F)[C@@H](O)C[C@@]21C. The maximum absolute atomic E-state index is 16.8. The second kappa shape index (κ2) is 5.38. The van der Waals surface area contributed by atoms with Crippen LogP contribution in [0.3, 0.4) is 0 Å². The number of aliphatic hydroxyl groups excluding tert-OH is 1. The van der Waals surface area contributed by atoms with Crippen LogP contribution in [-0.4, -0.2) is 39.2 Å². The minimum absolute atomic E-state index is 0.0374. The second-order valence-electron chi connectivity index (χ2n) is 9.72. The number of allylic oxidation sites excluding steroid dienone is 4. The van der Waals surface area contributed by atoms with Gasteiger partial charge in [-0.3, -0.25) is 9.59 Å². The standard InChI is InChI=1S/C22H29FO4/c1-12-9-17-16-6-5-14-10-15(25)7-8-19(14,3)21(16,23)18(26)11-20(17,4)22(12,27)13(2)24/h7-8,10,12,16-18,26-27H,5-6,9,11H2,1-4H3/t12-,16?,17?,18-,19-,20-,21-,22-/m0/s1. The topological polar surface area (TPSA) is 74.6 Å². The Kier molecular flexibility index (Phi) is 3.79. The maximum Gasteiger partial charge on any atom is 0.178 e. The summed E-state index contributed by atoms with van der Waals surface area (Å²) in [5.41, 5.74) is -4.62. The number of hydrogen-bond donors (Lipinski definition) is 2. The van der Waals surface area contributed by atoms with E-state index in [4.69, 9.17) is 0 Å². The van der Waals surface area contributed by atoms with Crippen molar-refractivity contribution in [2.75, 3.05) is 0 Å². The normalized spacial score (nSPS) is 54.0. The van der Waals surface area contributed by atoms with Crippen LogP contribution >= 0.6 is 0 Å². The lowest BCUT2D eigenvalue weighted by molar-refractivity contribution is -0.218. The van der Waals surface area contributed by atoms with Crippen molar-refractivity contribution >= 4 is 11.6 Å². The minimum atomic E-state index is -1.92. The quantitative estimate of drug-likeness (QED) is 0.738. The molecule has 4 rings (SSSR count). The van der Waals surface area contributed by atoms with Gasteiger partial charge in [-0.2, -0.15) is 0 Å². The molecule has 0 amide bonds. The van der Waals surface area contributed by atoms with Gasteiger partial charge in [-0.15, -0.1) is 0 Å². The molecule has 4 aliphatic rings. The van der Waals surface area contributed by atoms with Crippen molar-refractivity contribution in [2.45, 2.75) is 70.8 Å². The zero-order chi connectivity index (χ0) is 20.0. The molecule has 0 aliphatic heterocycles. The van der Waals surface area contributed by atoms with Gasteiger partial charge in [0.25, 0.3) is 0 Å². The molecular weight excluding hydrogens is 347 g/mol. The first-order chi connectivity index (χ1) is 12.4. The van der Waals surface area contributed by atoms with E-state index in [0.717, 1.165) is 5.57 Å². The van der Waals surface area contributed by atoms with Gasteiger partial charge in [0.1, 0.15) is 5.60 Å². The highest BCUT2D eigenvalue weighted by atomic mass is 19.1. The number of carbonyl (C=O) groups excluding carboxylic acids is 2. The van der Waals surface area contributed by atoms with Crippen LogP contribution in [0, 0.1) is 28.6 Å². The fourth-order valence-corrected chi connectivity index (χ4v) is 7.30. The molecule has 4 aliphatic carbocycles. The Morgan fingerprint density at radius 2 is 1.96 bits per heavy atom. The first kappa shape index (κ1) is 19.0. The summed E-state index contributed by atoms with van der Waals surface area (Å²) in [7, 11) is 0. The number of aliphatic hydroxyl groups is 2. The highest BCUT2D eigenvalue weighted by Gasteiger charge is 2.75. The van der Waals surface area contributed by atoms with E-state index in [1.54, 1.807) is 13.0 Å². The molecule has 3 fully saturated rings. The molecule has 4 nitrogen and oxygen atoms in total. The molecule has 148 valence electrons. The van der Waals surface area contributed by atoms with Gasteiger partial charge in [0, 0.05) is 16.7 Å². The van der Waals surface area contributed by atoms with Crippen molar-refractivity contribution in [1.29, 1.82) is 0 Å². The van der Waals surface area contributed by atoms with Crippen LogP contribution in [0.1, 0.15) is 53.4 Å². The Bertz CT molecular complexity index is 787. The van der Waals surface area contributed by atoms with Crippen LogP contribution < -0.4 is 0 Å². The van der Waals surface area contributed by atoms with Crippen LogP contribution in [0.25, 0.3) is 0 Å². The number of alkyl halides is 1. The fourth-order valence-electron chi connectivity index (χ4n) is 7.30. The zero-order valence-corrected chi connectivity index (χ0v) is 16.5. The molecule has 5 heteroatoms. The molecular formula is C22H29FO4. The van der Waals surface area contributed by atoms with Gasteiger partial charge in [0.15, 0.2) is 17.2 Å². The van der Waals surface area contributed by atoms with Crippen molar-refractivity contribution in [2.24, 2.45) is 28.6 Å². The lowest BCUT2D eigenvalue weighted by Crippen LogP contribution is -2.69. The number of Topliss-reactive ketones (excluding diaryl/α,β-unsaturated/α-hetero) is 1. The third-order valence-electron chi connectivity index (χ3n) is 8.76. The molecule has 0 aromatic carbocycles. The molecule has 0 heterocycles. The zero-order valence-electron chi connectivity index (χ0n) is 16.5. The number of fused-ring (bicyclic) bond motifs is 5. The average molecular weight is 376 g/mol. The van der Waals surface area contributed by atoms with Gasteiger partial charge in [-0.1, -0.05) is 25.5 Å². The predicted molar refractivity (Wildman–Crippen MR) is 98.5 cm³/mol. The summed E-state index contributed by atoms with van der Waals surface area (Å²) in [6.07, 6.45) is 4.93. The van der Waals surface area contributed by atoms with Crippen LogP contribution in [0.15, 0.2) is 23.8 Å². The molecule has 0 bridgehead atoms. The van der Waals surface area contributed by atoms with Gasteiger partial charge in [-0.25, -0.2) is 4.39 Å². The number of ketones is 2. The smallest absolute Gasteiger partial charge is 0.178 e. The summed E-state index contributed by atoms with van der Waals surface area (Å²) in [4.78, 5) is 24.3. The molecule has 2 N–H and O–H groups in total. The Labute approximate surface area is 159 Å². The second-order valence-corrected chi connectivity index (χ2v) is 9.72. The first-order valence-electron chi connectivity index (χ1n) is 9.97. The maximum atomic E-state index is 16.8. The van der Waals surface area contributed by atoms with E-state index in [1.807, 2.05) is 13.8 Å². The number of rotatable bonds is 1. The molecule has 3 saturated carbocycles. The lowest BCUT2D eigenvalue weighted by atomic mass is 9.44. The third kappa shape index (κ3) is 1.95. The highest BCUT2D eigenvalue weighted by Crippen LogP contribution is 2.70. The van der Waals surface area contributed by atoms with Gasteiger partial charge in [0.2, 0.25) is 0 Å². The van der Waals surface area contributed by atoms with E-state index in [0.29, 0.717) is 19.3 Å².